The molecule has 164 valence electrons. The molecule has 27 heavy (non-hydrogen) atoms. The summed E-state index contributed by atoms with van der Waals surface area (Å²) in [7, 11) is -22.0. The molecule has 0 aliphatic heterocycles. The zero-order valence-corrected chi connectivity index (χ0v) is 20.3. The van der Waals surface area contributed by atoms with Crippen LogP contribution in [0.1, 0.15) is 33.1 Å². The van der Waals surface area contributed by atoms with Gasteiger partial charge in [0.25, 0.3) is 10.1 Å². The molecule has 0 saturated heterocycles. The van der Waals surface area contributed by atoms with E-state index >= 15 is 0 Å². The van der Waals surface area contributed by atoms with E-state index in [0.29, 0.717) is 12.8 Å². The van der Waals surface area contributed by atoms with Crippen LogP contribution in [-0.2, 0) is 22.5 Å². The fraction of sp³-hybridized carbons (Fsp3) is 1.00. The Hall–Kier alpha value is 0.418. The maximum absolute atomic E-state index is 10.7. The van der Waals surface area contributed by atoms with Gasteiger partial charge >= 0.3 is 35.2 Å². The van der Waals surface area contributed by atoms with Crippen molar-refractivity contribution in [2.45, 2.75) is 57.8 Å². The van der Waals surface area contributed by atoms with E-state index in [0.717, 1.165) is 6.55 Å². The molecular weight excluding hydrogens is 457 g/mol. The van der Waals surface area contributed by atoms with Crippen LogP contribution in [-0.4, -0.2) is 82.7 Å². The SMILES string of the molecule is CCC[Si](O)(O)O[Si](C)(O[Si](O)(O)CCC)O[Si](O)(O)CCCS(=O)(=O)O. The molecule has 0 rings (SSSR count). The molecule has 0 aromatic heterocycles. The summed E-state index contributed by atoms with van der Waals surface area (Å²) in [5.41, 5.74) is 0. The van der Waals surface area contributed by atoms with Crippen LogP contribution in [0.3, 0.4) is 0 Å². The van der Waals surface area contributed by atoms with Gasteiger partial charge in [-0.1, -0.05) is 26.7 Å². The normalized spacial score (nSPS) is 14.6. The fourth-order valence-corrected chi connectivity index (χ4v) is 14.9. The Balaban J connectivity index is 5.38. The average Bonchev–Trinajstić information content (AvgIpc) is 2.32. The first-order valence-electron chi connectivity index (χ1n) is 8.35. The van der Waals surface area contributed by atoms with E-state index in [4.69, 9.17) is 16.9 Å². The lowest BCUT2D eigenvalue weighted by molar-refractivity contribution is 0.106. The largest absolute Gasteiger partial charge is 0.488 e. The third-order valence-corrected chi connectivity index (χ3v) is 15.6. The molecule has 12 nitrogen and oxygen atoms in total. The van der Waals surface area contributed by atoms with Crippen molar-refractivity contribution in [1.29, 1.82) is 0 Å². The summed E-state index contributed by atoms with van der Waals surface area (Å²) >= 11 is 0. The smallest absolute Gasteiger partial charge is 0.390 e. The molecule has 0 fully saturated rings. The minimum absolute atomic E-state index is 0.157. The fourth-order valence-electron chi connectivity index (χ4n) is 2.24. The van der Waals surface area contributed by atoms with Gasteiger partial charge in [-0.2, -0.15) is 8.42 Å². The molecule has 0 amide bonds. The van der Waals surface area contributed by atoms with Gasteiger partial charge in [0, 0.05) is 24.7 Å². The van der Waals surface area contributed by atoms with Gasteiger partial charge in [-0.15, -0.1) is 0 Å². The van der Waals surface area contributed by atoms with E-state index in [1.807, 2.05) is 0 Å². The summed E-state index contributed by atoms with van der Waals surface area (Å²) in [5, 5.41) is 0. The second kappa shape index (κ2) is 10.4. The molecular formula is C10H30O12SSi4. The Labute approximate surface area is 163 Å². The summed E-state index contributed by atoms with van der Waals surface area (Å²) in [6.45, 7) is 4.37. The van der Waals surface area contributed by atoms with Gasteiger partial charge in [-0.25, -0.2) is 0 Å². The molecule has 0 aromatic carbocycles. The van der Waals surface area contributed by atoms with Gasteiger partial charge in [-0.05, 0) is 6.42 Å². The highest BCUT2D eigenvalue weighted by atomic mass is 32.2. The molecule has 0 aliphatic carbocycles. The molecule has 0 aromatic rings. The molecule has 0 aliphatic rings. The summed E-state index contributed by atoms with van der Waals surface area (Å²) in [4.78, 5) is 60.1. The molecule has 0 unspecified atom stereocenters. The van der Waals surface area contributed by atoms with E-state index in [1.54, 1.807) is 13.8 Å². The lowest BCUT2D eigenvalue weighted by atomic mass is 10.6. The van der Waals surface area contributed by atoms with E-state index in [9.17, 15) is 37.2 Å². The van der Waals surface area contributed by atoms with Crippen molar-refractivity contribution in [3.8, 4) is 0 Å². The molecule has 0 saturated carbocycles. The van der Waals surface area contributed by atoms with E-state index in [1.165, 1.54) is 0 Å². The number of hydrogen-bond acceptors (Lipinski definition) is 11. The quantitative estimate of drug-likeness (QED) is 0.110. The number of hydrogen-bond donors (Lipinski definition) is 7. The molecule has 0 heterocycles. The van der Waals surface area contributed by atoms with Crippen LogP contribution in [0.15, 0.2) is 0 Å². The van der Waals surface area contributed by atoms with E-state index in [2.05, 4.69) is 0 Å². The van der Waals surface area contributed by atoms with Gasteiger partial charge in [0.15, 0.2) is 0 Å². The molecule has 0 atom stereocenters. The molecule has 7 N–H and O–H groups in total. The average molecular weight is 487 g/mol. The lowest BCUT2D eigenvalue weighted by Crippen LogP contribution is -2.64. The van der Waals surface area contributed by atoms with Crippen molar-refractivity contribution >= 4 is 45.3 Å². The first-order valence-corrected chi connectivity index (χ1v) is 18.2. The summed E-state index contributed by atoms with van der Waals surface area (Å²) in [5.74, 6) is -0.741. The van der Waals surface area contributed by atoms with E-state index in [-0.39, 0.29) is 18.5 Å². The monoisotopic (exact) mass is 486 g/mol. The van der Waals surface area contributed by atoms with Crippen molar-refractivity contribution in [1.82, 2.24) is 0 Å². The lowest BCUT2D eigenvalue weighted by Gasteiger charge is -2.37. The highest BCUT2D eigenvalue weighted by molar-refractivity contribution is 7.85. The highest BCUT2D eigenvalue weighted by Crippen LogP contribution is 2.26. The van der Waals surface area contributed by atoms with Crippen molar-refractivity contribution < 1.29 is 54.1 Å². The van der Waals surface area contributed by atoms with Gasteiger partial charge in [0.1, 0.15) is 0 Å². The summed E-state index contributed by atoms with van der Waals surface area (Å²) in [6.07, 6.45) is 0.303. The minimum atomic E-state index is -4.65. The van der Waals surface area contributed by atoms with Gasteiger partial charge in [0.2, 0.25) is 0 Å². The standard InChI is InChI=1S/C10H30O12SSi4/c1-4-8-25(14,15)20-24(3,21-26(16,17)9-5-2)22-27(18,19)10-6-7-23(11,12)13/h14-19H,4-10H2,1-3H3,(H,11,12,13). The Kier molecular flexibility index (Phi) is 10.6. The van der Waals surface area contributed by atoms with Crippen LogP contribution in [0, 0.1) is 0 Å². The predicted molar refractivity (Wildman–Crippen MR) is 101 cm³/mol. The minimum Gasteiger partial charge on any atom is -0.390 e. The topological polar surface area (TPSA) is 203 Å². The van der Waals surface area contributed by atoms with Gasteiger partial charge in [0.05, 0.1) is 5.75 Å². The predicted octanol–water partition coefficient (Wildman–Crippen LogP) is -1.53. The molecule has 17 heteroatoms. The van der Waals surface area contributed by atoms with Crippen LogP contribution in [0.4, 0.5) is 0 Å². The summed E-state index contributed by atoms with van der Waals surface area (Å²) in [6, 6.07) is -0.883. The van der Waals surface area contributed by atoms with Gasteiger partial charge in [-0.3, -0.25) is 4.55 Å². The van der Waals surface area contributed by atoms with Crippen LogP contribution >= 0.6 is 0 Å². The van der Waals surface area contributed by atoms with Gasteiger partial charge < -0.3 is 41.1 Å². The Morgan fingerprint density at radius 3 is 1.37 bits per heavy atom. The maximum atomic E-state index is 10.7. The first-order chi connectivity index (χ1) is 11.9. The second-order valence-corrected chi connectivity index (χ2v) is 18.0. The zero-order chi connectivity index (χ0) is 21.6. The van der Waals surface area contributed by atoms with E-state index < -0.39 is 57.1 Å². The second-order valence-electron chi connectivity index (χ2n) is 6.29. The number of rotatable bonds is 14. The van der Waals surface area contributed by atoms with Crippen LogP contribution in [0.5, 0.6) is 0 Å². The van der Waals surface area contributed by atoms with Crippen molar-refractivity contribution in [2.75, 3.05) is 5.75 Å². The summed E-state index contributed by atoms with van der Waals surface area (Å²) < 4.78 is 45.5. The Bertz CT molecular complexity index is 534. The zero-order valence-electron chi connectivity index (χ0n) is 15.5. The maximum Gasteiger partial charge on any atom is 0.488 e. The Morgan fingerprint density at radius 2 is 1.07 bits per heavy atom. The third kappa shape index (κ3) is 13.3. The highest BCUT2D eigenvalue weighted by Gasteiger charge is 2.56. The van der Waals surface area contributed by atoms with Crippen molar-refractivity contribution in [3.05, 3.63) is 0 Å². The first kappa shape index (κ1) is 27.4. The van der Waals surface area contributed by atoms with Crippen molar-refractivity contribution in [2.24, 2.45) is 0 Å². The molecule has 0 bridgehead atoms. The van der Waals surface area contributed by atoms with Crippen LogP contribution in [0.25, 0.3) is 0 Å². The third-order valence-electron chi connectivity index (χ3n) is 3.10. The Morgan fingerprint density at radius 1 is 0.741 bits per heavy atom. The van der Waals surface area contributed by atoms with Crippen LogP contribution in [0.2, 0.25) is 24.7 Å². The molecule has 0 spiro atoms. The van der Waals surface area contributed by atoms with Crippen molar-refractivity contribution in [3.63, 3.8) is 0 Å². The molecule has 0 radical (unpaired) electrons. The van der Waals surface area contributed by atoms with Crippen LogP contribution < -0.4 is 0 Å².